The predicted octanol–water partition coefficient (Wildman–Crippen LogP) is 0.934. The van der Waals surface area contributed by atoms with Gasteiger partial charge in [0.05, 0.1) is 12.2 Å². The van der Waals surface area contributed by atoms with Gasteiger partial charge in [0.2, 0.25) is 0 Å². The maximum Gasteiger partial charge on any atom is 0.138 e. The van der Waals surface area contributed by atoms with E-state index in [1.807, 2.05) is 41.7 Å². The van der Waals surface area contributed by atoms with Gasteiger partial charge < -0.3 is 15.0 Å². The van der Waals surface area contributed by atoms with E-state index in [0.29, 0.717) is 25.5 Å². The third-order valence-corrected chi connectivity index (χ3v) is 3.17. The van der Waals surface area contributed by atoms with Crippen molar-refractivity contribution in [2.45, 2.75) is 26.1 Å². The van der Waals surface area contributed by atoms with Gasteiger partial charge in [-0.05, 0) is 6.92 Å². The minimum atomic E-state index is -0.612. The number of nitrogens with zero attached hydrogens (tertiary/aromatic N) is 4. The topological polar surface area (TPSA) is 67.9 Å². The lowest BCUT2D eigenvalue weighted by molar-refractivity contribution is 0.161. The van der Waals surface area contributed by atoms with E-state index >= 15 is 0 Å². The van der Waals surface area contributed by atoms with Gasteiger partial charge in [0.25, 0.3) is 0 Å². The van der Waals surface area contributed by atoms with E-state index < -0.39 is 6.10 Å². The van der Waals surface area contributed by atoms with Crippen LogP contribution in [-0.2, 0) is 20.1 Å². The molecule has 6 nitrogen and oxygen atoms in total. The Hall–Kier alpha value is -1.92. The molecule has 2 rings (SSSR count). The lowest BCUT2D eigenvalue weighted by Gasteiger charge is -2.11. The lowest BCUT2D eigenvalue weighted by Crippen LogP contribution is -2.23. The summed E-state index contributed by atoms with van der Waals surface area (Å²) < 4.78 is 3.67. The molecule has 0 aromatic carbocycles. The van der Waals surface area contributed by atoms with Gasteiger partial charge in [-0.2, -0.15) is 5.10 Å². The molecule has 0 spiro atoms. The summed E-state index contributed by atoms with van der Waals surface area (Å²) >= 11 is 0. The zero-order chi connectivity index (χ0) is 14.5. The van der Waals surface area contributed by atoms with Crippen molar-refractivity contribution in [1.82, 2.24) is 24.6 Å². The van der Waals surface area contributed by atoms with E-state index in [-0.39, 0.29) is 0 Å². The van der Waals surface area contributed by atoms with Gasteiger partial charge in [-0.1, -0.05) is 6.08 Å². The molecule has 1 unspecified atom stereocenters. The first-order valence-corrected chi connectivity index (χ1v) is 6.61. The third-order valence-electron chi connectivity index (χ3n) is 3.17. The summed E-state index contributed by atoms with van der Waals surface area (Å²) in [5, 5.41) is 17.7. The summed E-state index contributed by atoms with van der Waals surface area (Å²) in [6.45, 7) is 7.51. The van der Waals surface area contributed by atoms with Crippen LogP contribution in [-0.4, -0.2) is 31.0 Å². The van der Waals surface area contributed by atoms with Crippen LogP contribution < -0.4 is 5.32 Å². The number of hydrogen-bond acceptors (Lipinski definition) is 4. The van der Waals surface area contributed by atoms with Crippen molar-refractivity contribution in [1.29, 1.82) is 0 Å². The van der Waals surface area contributed by atoms with Crippen LogP contribution in [0.5, 0.6) is 0 Å². The molecule has 0 aliphatic heterocycles. The highest BCUT2D eigenvalue weighted by Crippen LogP contribution is 2.09. The second-order valence-electron chi connectivity index (χ2n) is 4.79. The highest BCUT2D eigenvalue weighted by molar-refractivity contribution is 5.15. The van der Waals surface area contributed by atoms with Crippen molar-refractivity contribution in [2.24, 2.45) is 7.05 Å². The van der Waals surface area contributed by atoms with Crippen molar-refractivity contribution >= 4 is 0 Å². The number of rotatable bonds is 7. The predicted molar refractivity (Wildman–Crippen MR) is 77.0 cm³/mol. The van der Waals surface area contributed by atoms with Crippen LogP contribution in [0, 0.1) is 6.92 Å². The number of imidazole rings is 1. The van der Waals surface area contributed by atoms with E-state index in [0.717, 1.165) is 11.3 Å². The SMILES string of the molecule is C=CCn1cc(CNCC(O)c2nccn2C)c(C)n1. The van der Waals surface area contributed by atoms with Crippen LogP contribution in [0.25, 0.3) is 0 Å². The molecule has 0 bridgehead atoms. The van der Waals surface area contributed by atoms with Crippen LogP contribution in [0.1, 0.15) is 23.2 Å². The Bertz CT molecular complexity index is 572. The fourth-order valence-corrected chi connectivity index (χ4v) is 2.09. The molecule has 0 saturated heterocycles. The average molecular weight is 275 g/mol. The molecule has 108 valence electrons. The van der Waals surface area contributed by atoms with Crippen molar-refractivity contribution in [2.75, 3.05) is 6.54 Å². The Morgan fingerprint density at radius 3 is 3.00 bits per heavy atom. The smallest absolute Gasteiger partial charge is 0.138 e. The molecule has 2 aromatic rings. The Balaban J connectivity index is 1.86. The van der Waals surface area contributed by atoms with Gasteiger partial charge in [-0.25, -0.2) is 4.98 Å². The maximum atomic E-state index is 10.0. The Labute approximate surface area is 118 Å². The second-order valence-corrected chi connectivity index (χ2v) is 4.79. The first-order chi connectivity index (χ1) is 9.61. The molecule has 2 N–H and O–H groups in total. The Morgan fingerprint density at radius 2 is 2.35 bits per heavy atom. The van der Waals surface area contributed by atoms with Crippen LogP contribution in [0.15, 0.2) is 31.2 Å². The molecule has 0 fully saturated rings. The maximum absolute atomic E-state index is 10.0. The number of aliphatic hydroxyl groups excluding tert-OH is 1. The van der Waals surface area contributed by atoms with Gasteiger partial charge in [0, 0.05) is 44.3 Å². The van der Waals surface area contributed by atoms with Crippen LogP contribution in [0.2, 0.25) is 0 Å². The molecule has 6 heteroatoms. The van der Waals surface area contributed by atoms with Crippen molar-refractivity contribution in [3.63, 3.8) is 0 Å². The summed E-state index contributed by atoms with van der Waals surface area (Å²) in [5.41, 5.74) is 2.12. The van der Waals surface area contributed by atoms with Gasteiger partial charge >= 0.3 is 0 Å². The van der Waals surface area contributed by atoms with Crippen molar-refractivity contribution < 1.29 is 5.11 Å². The Morgan fingerprint density at radius 1 is 1.55 bits per heavy atom. The molecule has 2 aromatic heterocycles. The molecule has 0 radical (unpaired) electrons. The van der Waals surface area contributed by atoms with E-state index in [4.69, 9.17) is 0 Å². The largest absolute Gasteiger partial charge is 0.384 e. The van der Waals surface area contributed by atoms with Gasteiger partial charge in [0.15, 0.2) is 0 Å². The van der Waals surface area contributed by atoms with Crippen LogP contribution in [0.4, 0.5) is 0 Å². The minimum absolute atomic E-state index is 0.455. The molecule has 0 aliphatic rings. The molecule has 0 aliphatic carbocycles. The molecule has 1 atom stereocenters. The number of nitrogens with one attached hydrogen (secondary N) is 1. The van der Waals surface area contributed by atoms with Crippen molar-refractivity contribution in [3.8, 4) is 0 Å². The highest BCUT2D eigenvalue weighted by Gasteiger charge is 2.12. The fraction of sp³-hybridized carbons (Fsp3) is 0.429. The van der Waals surface area contributed by atoms with Gasteiger partial charge in [-0.15, -0.1) is 6.58 Å². The molecular formula is C14H21N5O. The van der Waals surface area contributed by atoms with E-state index in [2.05, 4.69) is 22.0 Å². The molecule has 20 heavy (non-hydrogen) atoms. The molecule has 0 saturated carbocycles. The summed E-state index contributed by atoms with van der Waals surface area (Å²) in [7, 11) is 1.87. The van der Waals surface area contributed by atoms with Crippen LogP contribution in [0.3, 0.4) is 0 Å². The number of aliphatic hydroxyl groups is 1. The zero-order valence-corrected chi connectivity index (χ0v) is 12.0. The second kappa shape index (κ2) is 6.49. The average Bonchev–Trinajstić information content (AvgIpc) is 2.97. The summed E-state index contributed by atoms with van der Waals surface area (Å²) in [5.74, 6) is 0.663. The van der Waals surface area contributed by atoms with Gasteiger partial charge in [-0.3, -0.25) is 4.68 Å². The van der Waals surface area contributed by atoms with Gasteiger partial charge in [0.1, 0.15) is 11.9 Å². The van der Waals surface area contributed by atoms with E-state index in [1.54, 1.807) is 6.20 Å². The zero-order valence-electron chi connectivity index (χ0n) is 12.0. The fourth-order valence-electron chi connectivity index (χ4n) is 2.09. The monoisotopic (exact) mass is 275 g/mol. The molecule has 2 heterocycles. The number of hydrogen-bond donors (Lipinski definition) is 2. The summed E-state index contributed by atoms with van der Waals surface area (Å²) in [6, 6.07) is 0. The third kappa shape index (κ3) is 3.34. The lowest BCUT2D eigenvalue weighted by atomic mass is 10.2. The first-order valence-electron chi connectivity index (χ1n) is 6.61. The Kier molecular flexibility index (Phi) is 4.70. The first kappa shape index (κ1) is 14.5. The highest BCUT2D eigenvalue weighted by atomic mass is 16.3. The quantitative estimate of drug-likeness (QED) is 0.738. The van der Waals surface area contributed by atoms with Crippen molar-refractivity contribution in [3.05, 3.63) is 48.3 Å². The number of aryl methyl sites for hydroxylation is 2. The molecule has 0 amide bonds. The minimum Gasteiger partial charge on any atom is -0.384 e. The normalized spacial score (nSPS) is 12.6. The van der Waals surface area contributed by atoms with E-state index in [9.17, 15) is 5.11 Å². The summed E-state index contributed by atoms with van der Waals surface area (Å²) in [4.78, 5) is 4.13. The van der Waals surface area contributed by atoms with E-state index in [1.165, 1.54) is 0 Å². The number of aromatic nitrogens is 4. The van der Waals surface area contributed by atoms with Crippen LogP contribution >= 0.6 is 0 Å². The molecular weight excluding hydrogens is 254 g/mol. The summed E-state index contributed by atoms with van der Waals surface area (Å²) in [6.07, 6.45) is 6.70. The number of allylic oxidation sites excluding steroid dienone is 1. The standard InChI is InChI=1S/C14H21N5O/c1-4-6-19-10-12(11(2)17-19)8-15-9-13(20)14-16-5-7-18(14)3/h4-5,7,10,13,15,20H,1,6,8-9H2,2-3H3.